The normalized spacial score (nSPS) is 14.4. The minimum absolute atomic E-state index is 0.0510. The number of aromatic nitrogens is 1. The summed E-state index contributed by atoms with van der Waals surface area (Å²) in [5.74, 6) is -0.713. The van der Waals surface area contributed by atoms with Gasteiger partial charge in [0.25, 0.3) is 0 Å². The van der Waals surface area contributed by atoms with E-state index >= 15 is 0 Å². The van der Waals surface area contributed by atoms with Crippen LogP contribution in [0.1, 0.15) is 41.6 Å². The molecule has 0 saturated heterocycles. The molecule has 1 N–H and O–H groups in total. The first-order valence-corrected chi connectivity index (χ1v) is 9.02. The molecule has 134 valence electrons. The average Bonchev–Trinajstić information content (AvgIpc) is 3.19. The monoisotopic (exact) mass is 350 g/mol. The lowest BCUT2D eigenvalue weighted by atomic mass is 10.0. The third-order valence-corrected chi connectivity index (χ3v) is 5.12. The van der Waals surface area contributed by atoms with Crippen molar-refractivity contribution in [1.29, 1.82) is 0 Å². The number of hydrogen-bond donors (Lipinski definition) is 1. The van der Waals surface area contributed by atoms with Crippen LogP contribution < -0.4 is 11.1 Å². The van der Waals surface area contributed by atoms with Gasteiger partial charge in [0.05, 0.1) is 11.6 Å². The second kappa shape index (κ2) is 6.48. The van der Waals surface area contributed by atoms with Crippen molar-refractivity contribution < 1.29 is 9.21 Å². The predicted molar refractivity (Wildman–Crippen MR) is 100 cm³/mol. The number of fused-ring (bicyclic) bond motifs is 2. The van der Waals surface area contributed by atoms with Crippen LogP contribution in [0.4, 0.5) is 0 Å². The van der Waals surface area contributed by atoms with Gasteiger partial charge in [0, 0.05) is 0 Å². The van der Waals surface area contributed by atoms with Gasteiger partial charge in [-0.05, 0) is 67.5 Å². The van der Waals surface area contributed by atoms with Crippen LogP contribution in [0.25, 0.3) is 11.1 Å². The molecule has 1 atom stereocenters. The van der Waals surface area contributed by atoms with E-state index in [4.69, 9.17) is 4.42 Å². The number of amides is 1. The van der Waals surface area contributed by atoms with Crippen molar-refractivity contribution in [2.45, 2.75) is 45.7 Å². The third-order valence-electron chi connectivity index (χ3n) is 5.12. The third kappa shape index (κ3) is 3.05. The zero-order valence-electron chi connectivity index (χ0n) is 15.0. The Morgan fingerprint density at radius 1 is 1.19 bits per heavy atom. The number of oxazole rings is 1. The van der Waals surface area contributed by atoms with Gasteiger partial charge in [-0.2, -0.15) is 0 Å². The van der Waals surface area contributed by atoms with Gasteiger partial charge in [-0.25, -0.2) is 4.79 Å². The summed E-state index contributed by atoms with van der Waals surface area (Å²) in [5, 5.41) is 2.99. The first-order valence-electron chi connectivity index (χ1n) is 9.02. The van der Waals surface area contributed by atoms with Gasteiger partial charge in [-0.3, -0.25) is 9.36 Å². The molecule has 1 amide bonds. The summed E-state index contributed by atoms with van der Waals surface area (Å²) in [5.41, 5.74) is 6.06. The Hall–Kier alpha value is -2.82. The van der Waals surface area contributed by atoms with Crippen molar-refractivity contribution >= 4 is 17.0 Å². The van der Waals surface area contributed by atoms with Crippen LogP contribution in [0.3, 0.4) is 0 Å². The summed E-state index contributed by atoms with van der Waals surface area (Å²) in [6.45, 7) is 3.86. The minimum Gasteiger partial charge on any atom is -0.408 e. The smallest absolute Gasteiger partial charge is 0.408 e. The Bertz CT molecular complexity index is 1050. The molecule has 1 aliphatic rings. The van der Waals surface area contributed by atoms with Crippen LogP contribution in [-0.4, -0.2) is 10.5 Å². The quantitative estimate of drug-likeness (QED) is 0.785. The van der Waals surface area contributed by atoms with Crippen LogP contribution in [0, 0.1) is 6.92 Å². The van der Waals surface area contributed by atoms with Crippen LogP contribution in [0.2, 0.25) is 0 Å². The summed E-state index contributed by atoms with van der Waals surface area (Å²) < 4.78 is 6.60. The lowest BCUT2D eigenvalue weighted by Gasteiger charge is -2.16. The Morgan fingerprint density at radius 3 is 2.85 bits per heavy atom. The maximum absolute atomic E-state index is 12.5. The molecule has 3 aromatic rings. The summed E-state index contributed by atoms with van der Waals surface area (Å²) in [6.07, 6.45) is 3.46. The van der Waals surface area contributed by atoms with Gasteiger partial charge in [-0.15, -0.1) is 0 Å². The molecule has 0 radical (unpaired) electrons. The highest BCUT2D eigenvalue weighted by molar-refractivity contribution is 5.80. The lowest BCUT2D eigenvalue weighted by molar-refractivity contribution is -0.122. The topological polar surface area (TPSA) is 64.2 Å². The van der Waals surface area contributed by atoms with Gasteiger partial charge >= 0.3 is 5.76 Å². The average molecular weight is 350 g/mol. The summed E-state index contributed by atoms with van der Waals surface area (Å²) in [7, 11) is 0. The van der Waals surface area contributed by atoms with Gasteiger partial charge in [0.15, 0.2) is 5.58 Å². The molecule has 0 saturated carbocycles. The Kier molecular flexibility index (Phi) is 4.15. The van der Waals surface area contributed by atoms with Crippen LogP contribution in [-0.2, 0) is 24.2 Å². The first kappa shape index (κ1) is 16.6. The molecule has 0 unspecified atom stereocenters. The highest BCUT2D eigenvalue weighted by atomic mass is 16.4. The van der Waals surface area contributed by atoms with Gasteiger partial charge < -0.3 is 9.73 Å². The minimum atomic E-state index is -0.508. The van der Waals surface area contributed by atoms with E-state index < -0.39 is 5.76 Å². The zero-order valence-corrected chi connectivity index (χ0v) is 15.0. The van der Waals surface area contributed by atoms with E-state index in [-0.39, 0.29) is 18.5 Å². The molecule has 5 nitrogen and oxygen atoms in total. The van der Waals surface area contributed by atoms with Crippen molar-refractivity contribution in [3.05, 3.63) is 69.2 Å². The van der Waals surface area contributed by atoms with Crippen molar-refractivity contribution in [2.24, 2.45) is 0 Å². The van der Waals surface area contributed by atoms with Crippen molar-refractivity contribution in [1.82, 2.24) is 9.88 Å². The summed E-state index contributed by atoms with van der Waals surface area (Å²) >= 11 is 0. The van der Waals surface area contributed by atoms with E-state index in [9.17, 15) is 9.59 Å². The number of nitrogens with one attached hydrogen (secondary N) is 1. The largest absolute Gasteiger partial charge is 0.420 e. The fourth-order valence-corrected chi connectivity index (χ4v) is 3.70. The number of carbonyl (C=O) groups is 1. The van der Waals surface area contributed by atoms with Crippen molar-refractivity contribution in [2.75, 3.05) is 0 Å². The Balaban J connectivity index is 1.51. The number of nitrogens with zero attached hydrogens (tertiary/aromatic N) is 1. The lowest BCUT2D eigenvalue weighted by Crippen LogP contribution is -2.32. The molecule has 4 rings (SSSR count). The van der Waals surface area contributed by atoms with E-state index in [1.807, 2.05) is 26.0 Å². The number of carbonyl (C=O) groups excluding carboxylic acids is 1. The fourth-order valence-electron chi connectivity index (χ4n) is 3.70. The second-order valence-electron chi connectivity index (χ2n) is 7.10. The SMILES string of the molecule is Cc1ccc2oc(=O)n(CC(=O)N[C@@H](C)c3ccc4c(c3)CCC4)c2c1. The van der Waals surface area contributed by atoms with Crippen molar-refractivity contribution in [3.8, 4) is 0 Å². The van der Waals surface area contributed by atoms with Gasteiger partial charge in [0.1, 0.15) is 6.54 Å². The predicted octanol–water partition coefficient (Wildman–Crippen LogP) is 3.27. The van der Waals surface area contributed by atoms with E-state index in [2.05, 4.69) is 23.5 Å². The fraction of sp³-hybridized carbons (Fsp3) is 0.333. The van der Waals surface area contributed by atoms with Crippen LogP contribution in [0.15, 0.2) is 45.6 Å². The molecule has 26 heavy (non-hydrogen) atoms. The maximum Gasteiger partial charge on any atom is 0.420 e. The molecule has 0 fully saturated rings. The van der Waals surface area contributed by atoms with E-state index in [1.165, 1.54) is 22.1 Å². The second-order valence-corrected chi connectivity index (χ2v) is 7.10. The molecule has 2 aromatic carbocycles. The molecule has 0 spiro atoms. The Labute approximate surface area is 151 Å². The summed E-state index contributed by atoms with van der Waals surface area (Å²) in [6, 6.07) is 11.8. The maximum atomic E-state index is 12.5. The van der Waals surface area contributed by atoms with Crippen molar-refractivity contribution in [3.63, 3.8) is 0 Å². The molecule has 1 aromatic heterocycles. The Morgan fingerprint density at radius 2 is 2.00 bits per heavy atom. The zero-order chi connectivity index (χ0) is 18.3. The van der Waals surface area contributed by atoms with E-state index in [0.29, 0.717) is 11.1 Å². The highest BCUT2D eigenvalue weighted by Crippen LogP contribution is 2.25. The van der Waals surface area contributed by atoms with E-state index in [1.54, 1.807) is 6.07 Å². The van der Waals surface area contributed by atoms with E-state index in [0.717, 1.165) is 24.0 Å². The molecular weight excluding hydrogens is 328 g/mol. The standard InChI is InChI=1S/C21H22N2O3/c1-13-6-9-19-18(10-13)23(21(25)26-19)12-20(24)22-14(2)16-8-7-15-4-3-5-17(15)11-16/h6-11,14H,3-5,12H2,1-2H3,(H,22,24)/t14-/m0/s1. The number of benzene rings is 2. The molecule has 0 bridgehead atoms. The highest BCUT2D eigenvalue weighted by Gasteiger charge is 2.17. The van der Waals surface area contributed by atoms with Crippen LogP contribution >= 0.6 is 0 Å². The molecular formula is C21H22N2O3. The molecule has 0 aliphatic heterocycles. The molecule has 1 heterocycles. The number of aryl methyl sites for hydroxylation is 3. The molecule has 5 heteroatoms. The summed E-state index contributed by atoms with van der Waals surface area (Å²) in [4.78, 5) is 24.6. The van der Waals surface area contributed by atoms with Gasteiger partial charge in [-0.1, -0.05) is 24.3 Å². The number of hydrogen-bond acceptors (Lipinski definition) is 3. The molecule has 1 aliphatic carbocycles. The van der Waals surface area contributed by atoms with Crippen LogP contribution in [0.5, 0.6) is 0 Å². The first-order chi connectivity index (χ1) is 12.5. The number of rotatable bonds is 4. The van der Waals surface area contributed by atoms with Gasteiger partial charge in [0.2, 0.25) is 5.91 Å².